The summed E-state index contributed by atoms with van der Waals surface area (Å²) in [5.74, 6) is -1.03. The van der Waals surface area contributed by atoms with Crippen molar-refractivity contribution in [1.29, 1.82) is 0 Å². The number of carbonyl (C=O) groups excluding carboxylic acids is 1. The highest BCUT2D eigenvalue weighted by Gasteiger charge is 2.09. The maximum Gasteiger partial charge on any atom is 0.251 e. The van der Waals surface area contributed by atoms with Crippen LogP contribution >= 0.6 is 0 Å². The van der Waals surface area contributed by atoms with E-state index in [4.69, 9.17) is 15.3 Å². The van der Waals surface area contributed by atoms with Crippen molar-refractivity contribution in [2.75, 3.05) is 13.2 Å². The minimum Gasteiger partial charge on any atom is -0.494 e. The number of aromatic nitrogens is 1. The van der Waals surface area contributed by atoms with Gasteiger partial charge in [0.2, 0.25) is 0 Å². The van der Waals surface area contributed by atoms with Gasteiger partial charge in [0.25, 0.3) is 11.5 Å². The van der Waals surface area contributed by atoms with Crippen molar-refractivity contribution in [2.24, 2.45) is 0 Å². The molecule has 16 heavy (non-hydrogen) atoms. The normalized spacial score (nSPS) is 12.1. The molecule has 0 radical (unpaired) electrons. The highest BCUT2D eigenvalue weighted by Crippen LogP contribution is 2.03. The zero-order valence-corrected chi connectivity index (χ0v) is 8.30. The Kier molecular flexibility index (Phi) is 4.03. The van der Waals surface area contributed by atoms with E-state index < -0.39 is 30.1 Å². The molecule has 0 aromatic carbocycles. The molecule has 7 heteroatoms. The van der Waals surface area contributed by atoms with Crippen LogP contribution < -0.4 is 10.9 Å². The maximum atomic E-state index is 11.4. The van der Waals surface area contributed by atoms with Crippen LogP contribution in [0.15, 0.2) is 16.9 Å². The Morgan fingerprint density at radius 1 is 1.50 bits per heavy atom. The van der Waals surface area contributed by atoms with Crippen LogP contribution in [0.5, 0.6) is 5.88 Å². The summed E-state index contributed by atoms with van der Waals surface area (Å²) in [6, 6.07) is 2.10. The molecule has 1 amide bonds. The van der Waals surface area contributed by atoms with Gasteiger partial charge in [-0.15, -0.1) is 0 Å². The van der Waals surface area contributed by atoms with Crippen molar-refractivity contribution in [3.8, 4) is 5.88 Å². The molecule has 0 saturated heterocycles. The SMILES string of the molecule is O=C(NCC(O)CO)c1cc(O)[nH]c(=O)c1. The van der Waals surface area contributed by atoms with E-state index in [1.54, 1.807) is 0 Å². The van der Waals surface area contributed by atoms with Crippen LogP contribution in [0.1, 0.15) is 10.4 Å². The number of nitrogens with one attached hydrogen (secondary N) is 2. The molecule has 0 aliphatic rings. The Balaban J connectivity index is 2.69. The minimum atomic E-state index is -1.06. The Bertz CT molecular complexity index is 428. The number of aliphatic hydroxyl groups is 2. The van der Waals surface area contributed by atoms with E-state index in [0.29, 0.717) is 0 Å². The van der Waals surface area contributed by atoms with Gasteiger partial charge in [0.1, 0.15) is 0 Å². The van der Waals surface area contributed by atoms with Gasteiger partial charge in [-0.1, -0.05) is 0 Å². The Morgan fingerprint density at radius 3 is 2.75 bits per heavy atom. The Hall–Kier alpha value is -1.86. The van der Waals surface area contributed by atoms with Gasteiger partial charge in [-0.05, 0) is 0 Å². The molecule has 1 heterocycles. The summed E-state index contributed by atoms with van der Waals surface area (Å²) in [4.78, 5) is 24.4. The second-order valence-corrected chi connectivity index (χ2v) is 3.16. The van der Waals surface area contributed by atoms with Crippen molar-refractivity contribution < 1.29 is 20.1 Å². The average molecular weight is 228 g/mol. The smallest absolute Gasteiger partial charge is 0.251 e. The molecule has 1 atom stereocenters. The monoisotopic (exact) mass is 228 g/mol. The third kappa shape index (κ3) is 3.37. The Labute approximate surface area is 90.4 Å². The van der Waals surface area contributed by atoms with Crippen LogP contribution in [-0.4, -0.2) is 45.5 Å². The van der Waals surface area contributed by atoms with Gasteiger partial charge in [-0.3, -0.25) is 14.6 Å². The van der Waals surface area contributed by atoms with Crippen LogP contribution in [0, 0.1) is 0 Å². The summed E-state index contributed by atoms with van der Waals surface area (Å²) >= 11 is 0. The summed E-state index contributed by atoms with van der Waals surface area (Å²) < 4.78 is 0. The second-order valence-electron chi connectivity index (χ2n) is 3.16. The average Bonchev–Trinajstić information content (AvgIpc) is 2.23. The van der Waals surface area contributed by atoms with Crippen LogP contribution in [-0.2, 0) is 0 Å². The zero-order chi connectivity index (χ0) is 12.1. The van der Waals surface area contributed by atoms with Crippen molar-refractivity contribution >= 4 is 5.91 Å². The highest BCUT2D eigenvalue weighted by atomic mass is 16.3. The standard InChI is InChI=1S/C9H12N2O5/c12-4-6(13)3-10-9(16)5-1-7(14)11-8(15)2-5/h1-2,6,12-13H,3-4H2,(H,10,16)(H2,11,14,15). The van der Waals surface area contributed by atoms with Crippen molar-refractivity contribution in [1.82, 2.24) is 10.3 Å². The number of aromatic hydroxyl groups is 1. The molecule has 88 valence electrons. The molecule has 0 bridgehead atoms. The predicted octanol–water partition coefficient (Wildman–Crippen LogP) is -1.84. The molecule has 1 rings (SSSR count). The first kappa shape index (κ1) is 12.2. The highest BCUT2D eigenvalue weighted by molar-refractivity contribution is 5.94. The van der Waals surface area contributed by atoms with E-state index in [1.807, 2.05) is 0 Å². The number of pyridine rings is 1. The molecule has 0 aliphatic carbocycles. The van der Waals surface area contributed by atoms with Crippen LogP contribution in [0.2, 0.25) is 0 Å². The second kappa shape index (κ2) is 5.29. The molecular weight excluding hydrogens is 216 g/mol. The lowest BCUT2D eigenvalue weighted by atomic mass is 10.2. The summed E-state index contributed by atoms with van der Waals surface area (Å²) in [5.41, 5.74) is -0.626. The van der Waals surface area contributed by atoms with Gasteiger partial charge < -0.3 is 20.6 Å². The van der Waals surface area contributed by atoms with Crippen LogP contribution in [0.3, 0.4) is 0 Å². The number of carbonyl (C=O) groups is 1. The molecular formula is C9H12N2O5. The van der Waals surface area contributed by atoms with Crippen LogP contribution in [0.4, 0.5) is 0 Å². The quantitative estimate of drug-likeness (QED) is 0.414. The molecule has 0 spiro atoms. The zero-order valence-electron chi connectivity index (χ0n) is 8.30. The van der Waals surface area contributed by atoms with Gasteiger partial charge in [0.15, 0.2) is 5.88 Å². The number of hydrogen-bond donors (Lipinski definition) is 5. The predicted molar refractivity (Wildman–Crippen MR) is 54.2 cm³/mol. The first-order chi connectivity index (χ1) is 7.52. The van der Waals surface area contributed by atoms with Gasteiger partial charge in [0.05, 0.1) is 18.3 Å². The minimum absolute atomic E-state index is 0.0219. The fraction of sp³-hybridized carbons (Fsp3) is 0.333. The lowest BCUT2D eigenvalue weighted by Gasteiger charge is -2.08. The molecule has 7 nitrogen and oxygen atoms in total. The lowest BCUT2D eigenvalue weighted by Crippen LogP contribution is -2.34. The van der Waals surface area contributed by atoms with E-state index in [9.17, 15) is 9.59 Å². The van der Waals surface area contributed by atoms with E-state index >= 15 is 0 Å². The first-order valence-corrected chi connectivity index (χ1v) is 4.53. The number of amides is 1. The Morgan fingerprint density at radius 2 is 2.19 bits per heavy atom. The third-order valence-electron chi connectivity index (χ3n) is 1.80. The number of hydrogen-bond acceptors (Lipinski definition) is 5. The maximum absolute atomic E-state index is 11.4. The first-order valence-electron chi connectivity index (χ1n) is 4.53. The van der Waals surface area contributed by atoms with E-state index in [1.165, 1.54) is 0 Å². The summed E-state index contributed by atoms with van der Waals surface area (Å²) in [6.45, 7) is -0.607. The van der Waals surface area contributed by atoms with Crippen LogP contribution in [0.25, 0.3) is 0 Å². The number of rotatable bonds is 4. The van der Waals surface area contributed by atoms with Gasteiger partial charge >= 0.3 is 0 Å². The van der Waals surface area contributed by atoms with Crippen molar-refractivity contribution in [3.63, 3.8) is 0 Å². The molecule has 0 fully saturated rings. The van der Waals surface area contributed by atoms with Gasteiger partial charge in [-0.25, -0.2) is 0 Å². The van der Waals surface area contributed by atoms with Gasteiger partial charge in [-0.2, -0.15) is 0 Å². The fourth-order valence-corrected chi connectivity index (χ4v) is 1.04. The largest absolute Gasteiger partial charge is 0.494 e. The molecule has 1 aromatic heterocycles. The fourth-order valence-electron chi connectivity index (χ4n) is 1.04. The summed E-state index contributed by atoms with van der Waals surface area (Å²) in [7, 11) is 0. The number of H-pyrrole nitrogens is 1. The topological polar surface area (TPSA) is 123 Å². The van der Waals surface area contributed by atoms with Gasteiger partial charge in [0, 0.05) is 18.7 Å². The van der Waals surface area contributed by atoms with E-state index in [-0.39, 0.29) is 12.1 Å². The molecule has 0 aliphatic heterocycles. The molecule has 1 unspecified atom stereocenters. The third-order valence-corrected chi connectivity index (χ3v) is 1.80. The van der Waals surface area contributed by atoms with E-state index in [0.717, 1.165) is 12.1 Å². The summed E-state index contributed by atoms with van der Waals surface area (Å²) in [6.07, 6.45) is -1.06. The van der Waals surface area contributed by atoms with Crippen molar-refractivity contribution in [2.45, 2.75) is 6.10 Å². The summed E-state index contributed by atoms with van der Waals surface area (Å²) in [5, 5.41) is 28.8. The molecule has 0 saturated carbocycles. The van der Waals surface area contributed by atoms with Crippen molar-refractivity contribution in [3.05, 3.63) is 28.0 Å². The van der Waals surface area contributed by atoms with E-state index in [2.05, 4.69) is 10.3 Å². The number of aliphatic hydroxyl groups excluding tert-OH is 2. The number of aromatic amines is 1. The molecule has 5 N–H and O–H groups in total. The lowest BCUT2D eigenvalue weighted by molar-refractivity contribution is 0.0801. The molecule has 1 aromatic rings.